The molecule has 0 amide bonds. The van der Waals surface area contributed by atoms with Gasteiger partial charge in [-0.3, -0.25) is 0 Å². The van der Waals surface area contributed by atoms with Gasteiger partial charge in [0.05, 0.1) is 12.2 Å². The van der Waals surface area contributed by atoms with Gasteiger partial charge in [-0.25, -0.2) is 4.98 Å². The van der Waals surface area contributed by atoms with Gasteiger partial charge in [0.15, 0.2) is 0 Å². The van der Waals surface area contributed by atoms with Crippen molar-refractivity contribution in [2.75, 3.05) is 6.54 Å². The molecule has 0 spiro atoms. The summed E-state index contributed by atoms with van der Waals surface area (Å²) in [6, 6.07) is 0. The third-order valence-electron chi connectivity index (χ3n) is 3.24. The second kappa shape index (κ2) is 3.97. The highest BCUT2D eigenvalue weighted by Crippen LogP contribution is 2.34. The number of nitrogens with zero attached hydrogens (tertiary/aromatic N) is 1. The molecule has 0 radical (unpaired) electrons. The quantitative estimate of drug-likeness (QED) is 0.797. The third-order valence-corrected chi connectivity index (χ3v) is 3.24. The highest BCUT2D eigenvalue weighted by molar-refractivity contribution is 5.26. The van der Waals surface area contributed by atoms with Crippen LogP contribution in [-0.4, -0.2) is 16.5 Å². The van der Waals surface area contributed by atoms with Crippen LogP contribution in [0.15, 0.2) is 0 Å². The SMILES string of the molecule is CCNCc1nc2c([nH]1)CCCC2(C)C. The second-order valence-electron chi connectivity index (χ2n) is 5.03. The highest BCUT2D eigenvalue weighted by atomic mass is 15.0. The minimum Gasteiger partial charge on any atom is -0.345 e. The Morgan fingerprint density at radius 1 is 1.47 bits per heavy atom. The summed E-state index contributed by atoms with van der Waals surface area (Å²) in [5.41, 5.74) is 2.91. The van der Waals surface area contributed by atoms with Gasteiger partial charge in [0, 0.05) is 11.1 Å². The molecule has 0 fully saturated rings. The molecule has 1 aliphatic carbocycles. The molecule has 1 heterocycles. The van der Waals surface area contributed by atoms with Crippen LogP contribution >= 0.6 is 0 Å². The molecule has 0 aromatic carbocycles. The average molecular weight is 207 g/mol. The zero-order valence-electron chi connectivity index (χ0n) is 9.98. The van der Waals surface area contributed by atoms with Crippen molar-refractivity contribution in [3.05, 3.63) is 17.2 Å². The fourth-order valence-corrected chi connectivity index (χ4v) is 2.36. The lowest BCUT2D eigenvalue weighted by molar-refractivity contribution is 0.419. The average Bonchev–Trinajstić information content (AvgIpc) is 2.59. The molecular formula is C12H21N3. The molecule has 2 N–H and O–H groups in total. The van der Waals surface area contributed by atoms with E-state index in [0.29, 0.717) is 0 Å². The minimum absolute atomic E-state index is 0.258. The number of fused-ring (bicyclic) bond motifs is 1. The van der Waals surface area contributed by atoms with Crippen molar-refractivity contribution in [1.29, 1.82) is 0 Å². The van der Waals surface area contributed by atoms with Crippen LogP contribution in [0, 0.1) is 0 Å². The maximum Gasteiger partial charge on any atom is 0.120 e. The number of aryl methyl sites for hydroxylation is 1. The number of aromatic amines is 1. The Labute approximate surface area is 91.7 Å². The lowest BCUT2D eigenvalue weighted by Crippen LogP contribution is -2.23. The molecule has 0 saturated heterocycles. The molecule has 1 aliphatic rings. The van der Waals surface area contributed by atoms with E-state index in [9.17, 15) is 0 Å². The van der Waals surface area contributed by atoms with Crippen molar-refractivity contribution in [2.24, 2.45) is 0 Å². The highest BCUT2D eigenvalue weighted by Gasteiger charge is 2.30. The van der Waals surface area contributed by atoms with Gasteiger partial charge in [-0.1, -0.05) is 20.8 Å². The van der Waals surface area contributed by atoms with E-state index in [1.165, 1.54) is 24.2 Å². The Bertz CT molecular complexity index is 339. The Morgan fingerprint density at radius 3 is 2.93 bits per heavy atom. The van der Waals surface area contributed by atoms with Gasteiger partial charge in [-0.05, 0) is 25.8 Å². The number of nitrogens with one attached hydrogen (secondary N) is 2. The number of hydrogen-bond acceptors (Lipinski definition) is 2. The summed E-state index contributed by atoms with van der Waals surface area (Å²) in [4.78, 5) is 8.17. The fourth-order valence-electron chi connectivity index (χ4n) is 2.36. The Kier molecular flexibility index (Phi) is 2.83. The van der Waals surface area contributed by atoms with Crippen LogP contribution in [0.5, 0.6) is 0 Å². The van der Waals surface area contributed by atoms with E-state index in [1.807, 2.05) is 0 Å². The lowest BCUT2D eigenvalue weighted by Gasteiger charge is -2.27. The predicted octanol–water partition coefficient (Wildman–Crippen LogP) is 2.13. The second-order valence-corrected chi connectivity index (χ2v) is 5.03. The number of hydrogen-bond donors (Lipinski definition) is 2. The van der Waals surface area contributed by atoms with Crippen molar-refractivity contribution in [3.63, 3.8) is 0 Å². The van der Waals surface area contributed by atoms with Crippen molar-refractivity contribution >= 4 is 0 Å². The van der Waals surface area contributed by atoms with Gasteiger partial charge in [0.25, 0.3) is 0 Å². The van der Waals surface area contributed by atoms with Crippen LogP contribution in [0.25, 0.3) is 0 Å². The molecule has 0 atom stereocenters. The predicted molar refractivity (Wildman–Crippen MR) is 61.9 cm³/mol. The summed E-state index contributed by atoms with van der Waals surface area (Å²) in [5, 5.41) is 3.31. The summed E-state index contributed by atoms with van der Waals surface area (Å²) in [5.74, 6) is 1.09. The van der Waals surface area contributed by atoms with Crippen molar-refractivity contribution in [3.8, 4) is 0 Å². The molecule has 0 saturated carbocycles. The third kappa shape index (κ3) is 2.07. The van der Waals surface area contributed by atoms with Gasteiger partial charge in [-0.2, -0.15) is 0 Å². The molecule has 3 nitrogen and oxygen atoms in total. The van der Waals surface area contributed by atoms with Crippen LogP contribution in [0.4, 0.5) is 0 Å². The van der Waals surface area contributed by atoms with E-state index >= 15 is 0 Å². The van der Waals surface area contributed by atoms with Gasteiger partial charge in [-0.15, -0.1) is 0 Å². The van der Waals surface area contributed by atoms with E-state index in [0.717, 1.165) is 25.3 Å². The van der Waals surface area contributed by atoms with E-state index in [4.69, 9.17) is 4.98 Å². The Balaban J connectivity index is 2.22. The standard InChI is InChI=1S/C12H21N3/c1-4-13-8-10-14-9-6-5-7-12(2,3)11(9)15-10/h13H,4-8H2,1-3H3,(H,14,15). The summed E-state index contributed by atoms with van der Waals surface area (Å²) < 4.78 is 0. The van der Waals surface area contributed by atoms with Crippen LogP contribution in [0.2, 0.25) is 0 Å². The van der Waals surface area contributed by atoms with Crippen LogP contribution < -0.4 is 5.32 Å². The molecule has 3 heteroatoms. The topological polar surface area (TPSA) is 40.7 Å². The van der Waals surface area contributed by atoms with Crippen LogP contribution in [0.3, 0.4) is 0 Å². The number of rotatable bonds is 3. The van der Waals surface area contributed by atoms with Gasteiger partial charge in [0.1, 0.15) is 5.82 Å². The van der Waals surface area contributed by atoms with E-state index in [-0.39, 0.29) is 5.41 Å². The van der Waals surface area contributed by atoms with Gasteiger partial charge < -0.3 is 10.3 Å². The Morgan fingerprint density at radius 2 is 2.27 bits per heavy atom. The molecule has 15 heavy (non-hydrogen) atoms. The lowest BCUT2D eigenvalue weighted by atomic mass is 9.78. The fraction of sp³-hybridized carbons (Fsp3) is 0.750. The largest absolute Gasteiger partial charge is 0.345 e. The normalized spacial score (nSPS) is 18.9. The molecule has 0 aliphatic heterocycles. The summed E-state index contributed by atoms with van der Waals surface area (Å²) >= 11 is 0. The van der Waals surface area contributed by atoms with Gasteiger partial charge >= 0.3 is 0 Å². The molecule has 1 aromatic heterocycles. The van der Waals surface area contributed by atoms with E-state index in [2.05, 4.69) is 31.1 Å². The first-order valence-corrected chi connectivity index (χ1v) is 5.92. The number of aromatic nitrogens is 2. The summed E-state index contributed by atoms with van der Waals surface area (Å²) in [6.07, 6.45) is 3.70. The first-order valence-electron chi connectivity index (χ1n) is 5.92. The molecular weight excluding hydrogens is 186 g/mol. The smallest absolute Gasteiger partial charge is 0.120 e. The van der Waals surface area contributed by atoms with Crippen LogP contribution in [-0.2, 0) is 18.4 Å². The minimum atomic E-state index is 0.258. The molecule has 1 aromatic rings. The Hall–Kier alpha value is -0.830. The first-order chi connectivity index (χ1) is 7.13. The molecule has 0 unspecified atom stereocenters. The molecule has 84 valence electrons. The van der Waals surface area contributed by atoms with Crippen LogP contribution in [0.1, 0.15) is 50.8 Å². The maximum absolute atomic E-state index is 4.72. The van der Waals surface area contributed by atoms with Gasteiger partial charge in [0.2, 0.25) is 0 Å². The molecule has 0 bridgehead atoms. The zero-order valence-corrected chi connectivity index (χ0v) is 9.98. The van der Waals surface area contributed by atoms with E-state index < -0.39 is 0 Å². The van der Waals surface area contributed by atoms with Crippen molar-refractivity contribution in [1.82, 2.24) is 15.3 Å². The molecule has 2 rings (SSSR count). The van der Waals surface area contributed by atoms with E-state index in [1.54, 1.807) is 0 Å². The van der Waals surface area contributed by atoms with Crippen molar-refractivity contribution in [2.45, 2.75) is 52.0 Å². The summed E-state index contributed by atoms with van der Waals surface area (Å²) in [6.45, 7) is 8.56. The monoisotopic (exact) mass is 207 g/mol. The first kappa shape index (κ1) is 10.7. The van der Waals surface area contributed by atoms with Crippen molar-refractivity contribution < 1.29 is 0 Å². The zero-order chi connectivity index (χ0) is 10.9. The summed E-state index contributed by atoms with van der Waals surface area (Å²) in [7, 11) is 0. The number of H-pyrrole nitrogens is 1. The number of imidazole rings is 1. The maximum atomic E-state index is 4.72.